The van der Waals surface area contributed by atoms with E-state index in [0.717, 1.165) is 12.1 Å². The third-order valence-electron chi connectivity index (χ3n) is 6.21. The minimum Gasteiger partial charge on any atom is -0.475 e. The molecule has 1 fully saturated rings. The SMILES string of the molecule is CCn1cc(CN2CC3Oc4ncccc4S(=O)(=O)N(Cc4ccccn4)C3C2)cn1.O=C(O)C(F)(F)F.O=C(O)C(F)(F)F. The van der Waals surface area contributed by atoms with Crippen LogP contribution in [0.25, 0.3) is 0 Å². The zero-order valence-corrected chi connectivity index (χ0v) is 24.0. The van der Waals surface area contributed by atoms with E-state index in [1.165, 1.54) is 4.31 Å². The van der Waals surface area contributed by atoms with Crippen molar-refractivity contribution in [2.45, 2.75) is 56.0 Å². The number of fused-ring (bicyclic) bond motifs is 2. The number of likely N-dealkylation sites (tertiary alicyclic amines) is 1. The second-order valence-corrected chi connectivity index (χ2v) is 11.3. The summed E-state index contributed by atoms with van der Waals surface area (Å²) in [4.78, 5) is 28.7. The molecule has 0 radical (unpaired) electrons. The van der Waals surface area contributed by atoms with Crippen molar-refractivity contribution in [3.8, 4) is 5.88 Å². The standard InChI is InChI=1S/C21H24N6O3S.2C2HF3O2/c1-2-26-12-16(10-24-26)11-25-14-18-19(15-25)30-21-20(7-5-9-23-21)31(28,29)27(18)13-17-6-3-4-8-22-17;2*3-2(4,5)1(6)7/h3-10,12,18-19H,2,11,13-15H2,1H3;2*(H,6,7). The number of hydrogen-bond acceptors (Lipinski definition) is 9. The molecule has 3 aromatic rings. The van der Waals surface area contributed by atoms with E-state index in [4.69, 9.17) is 24.5 Å². The van der Waals surface area contributed by atoms with E-state index in [1.54, 1.807) is 24.5 Å². The van der Waals surface area contributed by atoms with Crippen LogP contribution in [0, 0.1) is 0 Å². The highest BCUT2D eigenvalue weighted by atomic mass is 32.2. The van der Waals surface area contributed by atoms with Crippen LogP contribution in [0.4, 0.5) is 26.3 Å². The van der Waals surface area contributed by atoms with Gasteiger partial charge in [-0.3, -0.25) is 14.6 Å². The molecule has 1 saturated heterocycles. The van der Waals surface area contributed by atoms with Crippen LogP contribution in [-0.2, 0) is 39.2 Å². The Hall–Kier alpha value is -4.30. The van der Waals surface area contributed by atoms with E-state index < -0.39 is 34.3 Å². The summed E-state index contributed by atoms with van der Waals surface area (Å²) < 4.78 is 100. The summed E-state index contributed by atoms with van der Waals surface area (Å²) in [6.07, 6.45) is -3.37. The van der Waals surface area contributed by atoms with Crippen LogP contribution >= 0.6 is 0 Å². The minimum atomic E-state index is -5.08. The summed E-state index contributed by atoms with van der Waals surface area (Å²) in [5.74, 6) is -5.35. The molecule has 2 unspecified atom stereocenters. The predicted octanol–water partition coefficient (Wildman–Crippen LogP) is 2.80. The number of alkyl halides is 6. The first-order chi connectivity index (χ1) is 20.9. The third-order valence-corrected chi connectivity index (χ3v) is 8.10. The second kappa shape index (κ2) is 14.2. The number of carbonyl (C=O) groups is 2. The number of ether oxygens (including phenoxy) is 1. The Morgan fingerprint density at radius 3 is 2.11 bits per heavy atom. The van der Waals surface area contributed by atoms with Crippen LogP contribution in [0.1, 0.15) is 18.2 Å². The van der Waals surface area contributed by atoms with Gasteiger partial charge in [0.25, 0.3) is 0 Å². The molecule has 0 saturated carbocycles. The largest absolute Gasteiger partial charge is 0.490 e. The van der Waals surface area contributed by atoms with Gasteiger partial charge in [0.05, 0.1) is 24.5 Å². The van der Waals surface area contributed by atoms with Crippen LogP contribution < -0.4 is 4.74 Å². The number of hydrogen-bond donors (Lipinski definition) is 2. The van der Waals surface area contributed by atoms with Crippen LogP contribution in [0.15, 0.2) is 60.0 Å². The van der Waals surface area contributed by atoms with Gasteiger partial charge in [-0.2, -0.15) is 35.7 Å². The smallest absolute Gasteiger partial charge is 0.475 e. The molecule has 0 bridgehead atoms. The Morgan fingerprint density at radius 1 is 0.956 bits per heavy atom. The van der Waals surface area contributed by atoms with Gasteiger partial charge in [0.15, 0.2) is 0 Å². The molecule has 2 aliphatic rings. The average molecular weight is 669 g/mol. The maximum absolute atomic E-state index is 13.6. The zero-order valence-electron chi connectivity index (χ0n) is 23.2. The lowest BCUT2D eigenvalue weighted by Gasteiger charge is -2.27. The van der Waals surface area contributed by atoms with E-state index in [-0.39, 0.29) is 29.5 Å². The molecule has 0 spiro atoms. The Labute approximate surface area is 251 Å². The molecule has 2 aliphatic heterocycles. The monoisotopic (exact) mass is 668 g/mol. The zero-order chi connectivity index (χ0) is 33.6. The van der Waals surface area contributed by atoms with Crippen molar-refractivity contribution < 1.29 is 59.3 Å². The van der Waals surface area contributed by atoms with E-state index in [2.05, 4.69) is 20.0 Å². The number of rotatable bonds is 5. The molecule has 3 aromatic heterocycles. The predicted molar refractivity (Wildman–Crippen MR) is 140 cm³/mol. The molecule has 45 heavy (non-hydrogen) atoms. The van der Waals surface area contributed by atoms with Crippen LogP contribution in [-0.4, -0.2) is 97.1 Å². The molecule has 20 heteroatoms. The first-order valence-corrected chi connectivity index (χ1v) is 14.2. The fourth-order valence-electron chi connectivity index (χ4n) is 4.24. The van der Waals surface area contributed by atoms with Gasteiger partial charge in [0, 0.05) is 50.3 Å². The summed E-state index contributed by atoms with van der Waals surface area (Å²) in [5, 5.41) is 18.6. The van der Waals surface area contributed by atoms with E-state index in [1.807, 2.05) is 42.2 Å². The number of pyridine rings is 2. The molecular weight excluding hydrogens is 642 g/mol. The lowest BCUT2D eigenvalue weighted by atomic mass is 10.2. The van der Waals surface area contributed by atoms with Gasteiger partial charge in [-0.15, -0.1) is 0 Å². The summed E-state index contributed by atoms with van der Waals surface area (Å²) in [5.41, 5.74) is 1.79. The fraction of sp³-hybridized carbons (Fsp3) is 0.400. The molecule has 0 aromatic carbocycles. The number of sulfonamides is 1. The van der Waals surface area contributed by atoms with Crippen molar-refractivity contribution in [3.05, 3.63) is 66.4 Å². The summed E-state index contributed by atoms with van der Waals surface area (Å²) >= 11 is 0. The topological polar surface area (TPSA) is 168 Å². The Morgan fingerprint density at radius 2 is 1.58 bits per heavy atom. The first-order valence-electron chi connectivity index (χ1n) is 12.8. The van der Waals surface area contributed by atoms with Crippen molar-refractivity contribution >= 4 is 22.0 Å². The van der Waals surface area contributed by atoms with Gasteiger partial charge >= 0.3 is 24.3 Å². The number of carboxylic acid groups (broad SMARTS) is 2. The molecule has 0 aliphatic carbocycles. The highest BCUT2D eigenvalue weighted by molar-refractivity contribution is 7.89. The van der Waals surface area contributed by atoms with Crippen LogP contribution in [0.2, 0.25) is 0 Å². The Bertz CT molecular complexity index is 1550. The quantitative estimate of drug-likeness (QED) is 0.384. The van der Waals surface area contributed by atoms with Crippen molar-refractivity contribution in [1.82, 2.24) is 29.0 Å². The van der Waals surface area contributed by atoms with E-state index >= 15 is 0 Å². The van der Waals surface area contributed by atoms with Gasteiger partial charge in [-0.1, -0.05) is 6.07 Å². The lowest BCUT2D eigenvalue weighted by molar-refractivity contribution is -0.193. The lowest BCUT2D eigenvalue weighted by Crippen LogP contribution is -2.46. The first kappa shape index (κ1) is 35.2. The maximum atomic E-state index is 13.6. The maximum Gasteiger partial charge on any atom is 0.490 e. The van der Waals surface area contributed by atoms with Crippen molar-refractivity contribution in [3.63, 3.8) is 0 Å². The molecular formula is C25H26F6N6O7S. The highest BCUT2D eigenvalue weighted by Crippen LogP contribution is 2.36. The van der Waals surface area contributed by atoms with Crippen molar-refractivity contribution in [2.75, 3.05) is 13.1 Å². The number of carboxylic acids is 2. The molecule has 13 nitrogen and oxygen atoms in total. The van der Waals surface area contributed by atoms with Crippen LogP contribution in [0.3, 0.4) is 0 Å². The van der Waals surface area contributed by atoms with Gasteiger partial charge in [-0.25, -0.2) is 23.0 Å². The van der Waals surface area contributed by atoms with E-state index in [0.29, 0.717) is 25.3 Å². The summed E-state index contributed by atoms with van der Waals surface area (Å²) in [6.45, 7) is 4.89. The third kappa shape index (κ3) is 9.35. The van der Waals surface area contributed by atoms with Gasteiger partial charge in [0.2, 0.25) is 15.9 Å². The summed E-state index contributed by atoms with van der Waals surface area (Å²) in [6, 6.07) is 8.36. The van der Waals surface area contributed by atoms with Crippen LogP contribution in [0.5, 0.6) is 5.88 Å². The molecule has 0 amide bonds. The number of aliphatic carboxylic acids is 2. The number of aromatic nitrogens is 4. The molecule has 2 N–H and O–H groups in total. The molecule has 2 atom stereocenters. The van der Waals surface area contributed by atoms with Crippen molar-refractivity contribution in [1.29, 1.82) is 0 Å². The highest BCUT2D eigenvalue weighted by Gasteiger charge is 2.47. The van der Waals surface area contributed by atoms with Gasteiger partial charge < -0.3 is 14.9 Å². The number of aryl methyl sites for hydroxylation is 1. The Balaban J connectivity index is 0.000000331. The average Bonchev–Trinajstić information content (AvgIpc) is 3.56. The fourth-order valence-corrected chi connectivity index (χ4v) is 5.92. The number of nitrogens with zero attached hydrogens (tertiary/aromatic N) is 6. The minimum absolute atomic E-state index is 0.108. The molecule has 5 rings (SSSR count). The molecule has 246 valence electrons. The van der Waals surface area contributed by atoms with Gasteiger partial charge in [-0.05, 0) is 31.2 Å². The van der Waals surface area contributed by atoms with Crippen molar-refractivity contribution in [2.24, 2.45) is 0 Å². The van der Waals surface area contributed by atoms with E-state index in [9.17, 15) is 34.8 Å². The van der Waals surface area contributed by atoms with Gasteiger partial charge in [0.1, 0.15) is 11.0 Å². The molecule has 5 heterocycles. The Kier molecular flexibility index (Phi) is 11.1. The normalized spacial score (nSPS) is 19.4. The second-order valence-electron chi connectivity index (χ2n) is 9.41. The summed E-state index contributed by atoms with van der Waals surface area (Å²) in [7, 11) is -3.81. The number of halogens is 6.